The minimum atomic E-state index is 0.168. The molecule has 0 aliphatic heterocycles. The Bertz CT molecular complexity index is 484. The standard InChI is InChI=1S/C17H33N5O/c1-8-14-13(15(9-2)23-21-14)10-19-16(18-5)20-11-17(3,4)12-22(6)7/h8-12H2,1-7H3,(H2,18,19,20). The number of guanidine groups is 1. The Balaban J connectivity index is 2.60. The third kappa shape index (κ3) is 6.22. The van der Waals surface area contributed by atoms with Crippen LogP contribution in [0.25, 0.3) is 0 Å². The third-order valence-electron chi connectivity index (χ3n) is 3.74. The Morgan fingerprint density at radius 1 is 1.22 bits per heavy atom. The molecule has 0 aromatic carbocycles. The number of aliphatic imine (C=N–C) groups is 1. The molecule has 0 atom stereocenters. The monoisotopic (exact) mass is 323 g/mol. The van der Waals surface area contributed by atoms with Crippen LogP contribution in [0.1, 0.15) is 44.7 Å². The first-order valence-electron chi connectivity index (χ1n) is 8.38. The van der Waals surface area contributed by atoms with Crippen LogP contribution in [0, 0.1) is 5.41 Å². The topological polar surface area (TPSA) is 65.7 Å². The molecule has 0 unspecified atom stereocenters. The molecule has 0 aliphatic rings. The van der Waals surface area contributed by atoms with E-state index in [2.05, 4.69) is 67.5 Å². The van der Waals surface area contributed by atoms with Gasteiger partial charge in [-0.2, -0.15) is 0 Å². The second kappa shape index (κ2) is 8.91. The summed E-state index contributed by atoms with van der Waals surface area (Å²) in [6.07, 6.45) is 1.73. The van der Waals surface area contributed by atoms with E-state index in [-0.39, 0.29) is 5.41 Å². The maximum atomic E-state index is 5.40. The molecule has 0 radical (unpaired) electrons. The summed E-state index contributed by atoms with van der Waals surface area (Å²) in [6.45, 7) is 11.2. The number of nitrogens with one attached hydrogen (secondary N) is 2. The van der Waals surface area contributed by atoms with Gasteiger partial charge in [0.15, 0.2) is 5.96 Å². The molecule has 6 nitrogen and oxygen atoms in total. The van der Waals surface area contributed by atoms with Crippen molar-refractivity contribution >= 4 is 5.96 Å². The molecule has 6 heteroatoms. The van der Waals surface area contributed by atoms with Crippen LogP contribution in [0.2, 0.25) is 0 Å². The van der Waals surface area contributed by atoms with Crippen molar-refractivity contribution in [3.05, 3.63) is 17.0 Å². The van der Waals surface area contributed by atoms with E-state index in [0.717, 1.165) is 48.9 Å². The van der Waals surface area contributed by atoms with Crippen molar-refractivity contribution in [3.8, 4) is 0 Å². The average molecular weight is 323 g/mol. The fraction of sp³-hybridized carbons (Fsp3) is 0.765. The first-order valence-corrected chi connectivity index (χ1v) is 8.38. The number of nitrogens with zero attached hydrogens (tertiary/aromatic N) is 3. The van der Waals surface area contributed by atoms with Gasteiger partial charge in [-0.25, -0.2) is 0 Å². The summed E-state index contributed by atoms with van der Waals surface area (Å²) in [5.74, 6) is 1.76. The molecule has 0 bridgehead atoms. The van der Waals surface area contributed by atoms with Gasteiger partial charge in [0.25, 0.3) is 0 Å². The molecule has 1 rings (SSSR count). The van der Waals surface area contributed by atoms with Crippen LogP contribution in [0.15, 0.2) is 9.52 Å². The van der Waals surface area contributed by atoms with Gasteiger partial charge in [0, 0.05) is 38.7 Å². The lowest BCUT2D eigenvalue weighted by atomic mass is 9.93. The highest BCUT2D eigenvalue weighted by atomic mass is 16.5. The lowest BCUT2D eigenvalue weighted by Crippen LogP contribution is -2.44. The molecule has 1 aromatic heterocycles. The van der Waals surface area contributed by atoms with Crippen molar-refractivity contribution in [2.24, 2.45) is 10.4 Å². The van der Waals surface area contributed by atoms with Crippen molar-refractivity contribution < 1.29 is 4.52 Å². The molecule has 0 aliphatic carbocycles. The molecular formula is C17H33N5O. The second-order valence-corrected chi connectivity index (χ2v) is 6.92. The van der Waals surface area contributed by atoms with Crippen molar-refractivity contribution in [3.63, 3.8) is 0 Å². The molecule has 0 spiro atoms. The molecule has 1 aromatic rings. The average Bonchev–Trinajstić information content (AvgIpc) is 2.88. The van der Waals surface area contributed by atoms with Crippen LogP contribution in [-0.4, -0.2) is 50.2 Å². The Hall–Kier alpha value is -1.56. The van der Waals surface area contributed by atoms with Gasteiger partial charge in [-0.05, 0) is 25.9 Å². The molecule has 1 heterocycles. The van der Waals surface area contributed by atoms with Crippen molar-refractivity contribution in [1.82, 2.24) is 20.7 Å². The predicted octanol–water partition coefficient (Wildman–Crippen LogP) is 2.05. The van der Waals surface area contributed by atoms with E-state index in [1.54, 1.807) is 7.05 Å². The Kier molecular flexibility index (Phi) is 7.55. The summed E-state index contributed by atoms with van der Waals surface area (Å²) >= 11 is 0. The smallest absolute Gasteiger partial charge is 0.191 e. The summed E-state index contributed by atoms with van der Waals surface area (Å²) < 4.78 is 5.40. The first-order chi connectivity index (χ1) is 10.8. The second-order valence-electron chi connectivity index (χ2n) is 6.92. The Labute approximate surface area is 140 Å². The van der Waals surface area contributed by atoms with Crippen LogP contribution < -0.4 is 10.6 Å². The van der Waals surface area contributed by atoms with E-state index in [0.29, 0.717) is 6.54 Å². The van der Waals surface area contributed by atoms with E-state index in [9.17, 15) is 0 Å². The van der Waals surface area contributed by atoms with Gasteiger partial charge in [0.2, 0.25) is 0 Å². The highest BCUT2D eigenvalue weighted by Gasteiger charge is 2.19. The van der Waals surface area contributed by atoms with Gasteiger partial charge in [-0.3, -0.25) is 4.99 Å². The zero-order chi connectivity index (χ0) is 17.5. The summed E-state index contributed by atoms with van der Waals surface area (Å²) in [7, 11) is 5.99. The molecule has 0 saturated carbocycles. The SMILES string of the molecule is CCc1noc(CC)c1CNC(=NC)NCC(C)(C)CN(C)C. The molecule has 0 saturated heterocycles. The van der Waals surface area contributed by atoms with E-state index < -0.39 is 0 Å². The maximum Gasteiger partial charge on any atom is 0.191 e. The lowest BCUT2D eigenvalue weighted by molar-refractivity contribution is 0.241. The van der Waals surface area contributed by atoms with E-state index in [1.165, 1.54) is 0 Å². The number of hydrogen-bond donors (Lipinski definition) is 2. The van der Waals surface area contributed by atoms with E-state index in [4.69, 9.17) is 4.52 Å². The fourth-order valence-electron chi connectivity index (χ4n) is 2.77. The van der Waals surface area contributed by atoms with Gasteiger partial charge in [-0.15, -0.1) is 0 Å². The Morgan fingerprint density at radius 2 is 1.91 bits per heavy atom. The van der Waals surface area contributed by atoms with Crippen LogP contribution in [0.3, 0.4) is 0 Å². The highest BCUT2D eigenvalue weighted by Crippen LogP contribution is 2.16. The molecular weight excluding hydrogens is 290 g/mol. The summed E-state index contributed by atoms with van der Waals surface area (Å²) in [5, 5.41) is 10.9. The predicted molar refractivity (Wildman–Crippen MR) is 95.8 cm³/mol. The number of aryl methyl sites for hydroxylation is 2. The van der Waals surface area contributed by atoms with E-state index >= 15 is 0 Å². The van der Waals surface area contributed by atoms with Crippen molar-refractivity contribution in [1.29, 1.82) is 0 Å². The highest BCUT2D eigenvalue weighted by molar-refractivity contribution is 5.79. The third-order valence-corrected chi connectivity index (χ3v) is 3.74. The van der Waals surface area contributed by atoms with Crippen LogP contribution in [0.4, 0.5) is 0 Å². The molecule has 23 heavy (non-hydrogen) atoms. The number of aromatic nitrogens is 1. The minimum absolute atomic E-state index is 0.168. The Morgan fingerprint density at radius 3 is 2.43 bits per heavy atom. The van der Waals surface area contributed by atoms with Crippen LogP contribution >= 0.6 is 0 Å². The molecule has 0 amide bonds. The summed E-state index contributed by atoms with van der Waals surface area (Å²) in [5.41, 5.74) is 2.35. The molecule has 132 valence electrons. The quantitative estimate of drug-likeness (QED) is 0.566. The number of hydrogen-bond acceptors (Lipinski definition) is 4. The van der Waals surface area contributed by atoms with Gasteiger partial charge >= 0.3 is 0 Å². The maximum absolute atomic E-state index is 5.40. The van der Waals surface area contributed by atoms with Gasteiger partial charge < -0.3 is 20.1 Å². The van der Waals surface area contributed by atoms with Crippen molar-refractivity contribution in [2.45, 2.75) is 47.1 Å². The van der Waals surface area contributed by atoms with Gasteiger partial charge in [0.05, 0.1) is 5.69 Å². The largest absolute Gasteiger partial charge is 0.361 e. The fourth-order valence-corrected chi connectivity index (χ4v) is 2.77. The zero-order valence-electron chi connectivity index (χ0n) is 15.8. The van der Waals surface area contributed by atoms with Gasteiger partial charge in [0.1, 0.15) is 5.76 Å². The summed E-state index contributed by atoms with van der Waals surface area (Å²) in [6, 6.07) is 0. The van der Waals surface area contributed by atoms with E-state index in [1.807, 2.05) is 0 Å². The van der Waals surface area contributed by atoms with Crippen molar-refractivity contribution in [2.75, 3.05) is 34.2 Å². The summed E-state index contributed by atoms with van der Waals surface area (Å²) in [4.78, 5) is 6.51. The number of rotatable bonds is 8. The van der Waals surface area contributed by atoms with Gasteiger partial charge in [-0.1, -0.05) is 32.9 Å². The van der Waals surface area contributed by atoms with Crippen LogP contribution in [-0.2, 0) is 19.4 Å². The molecule has 2 N–H and O–H groups in total. The lowest BCUT2D eigenvalue weighted by Gasteiger charge is -2.29. The minimum Gasteiger partial charge on any atom is -0.361 e. The van der Waals surface area contributed by atoms with Crippen LogP contribution in [0.5, 0.6) is 0 Å². The normalized spacial score (nSPS) is 12.8. The zero-order valence-corrected chi connectivity index (χ0v) is 15.8. The first kappa shape index (κ1) is 19.5. The molecule has 0 fully saturated rings.